The second kappa shape index (κ2) is 4.05. The van der Waals surface area contributed by atoms with E-state index in [4.69, 9.17) is 5.26 Å². The minimum absolute atomic E-state index is 0.0548. The molecule has 2 unspecified atom stereocenters. The van der Waals surface area contributed by atoms with Crippen molar-refractivity contribution in [1.29, 1.82) is 5.26 Å². The van der Waals surface area contributed by atoms with Gasteiger partial charge < -0.3 is 5.32 Å². The van der Waals surface area contributed by atoms with Gasteiger partial charge in [-0.2, -0.15) is 5.26 Å². The van der Waals surface area contributed by atoms with E-state index in [1.165, 1.54) is 6.92 Å². The van der Waals surface area contributed by atoms with Crippen LogP contribution < -0.4 is 10.0 Å². The SMILES string of the molecule is CC(C#N)S(=O)(=O)NC1CCNC1. The lowest BCUT2D eigenvalue weighted by Gasteiger charge is -2.12. The fourth-order valence-corrected chi connectivity index (χ4v) is 2.17. The highest BCUT2D eigenvalue weighted by atomic mass is 32.2. The van der Waals surface area contributed by atoms with E-state index in [9.17, 15) is 8.42 Å². The summed E-state index contributed by atoms with van der Waals surface area (Å²) in [5.74, 6) is 0. The summed E-state index contributed by atoms with van der Waals surface area (Å²) in [7, 11) is -3.44. The Morgan fingerprint density at radius 3 is 2.85 bits per heavy atom. The molecule has 0 aliphatic carbocycles. The van der Waals surface area contributed by atoms with Gasteiger partial charge in [0.05, 0.1) is 6.07 Å². The van der Waals surface area contributed by atoms with E-state index in [1.54, 1.807) is 6.07 Å². The zero-order valence-corrected chi connectivity index (χ0v) is 8.26. The summed E-state index contributed by atoms with van der Waals surface area (Å²) in [5.41, 5.74) is 0. The van der Waals surface area contributed by atoms with E-state index >= 15 is 0 Å². The van der Waals surface area contributed by atoms with Crippen LogP contribution in [0.2, 0.25) is 0 Å². The maximum Gasteiger partial charge on any atom is 0.227 e. The first kappa shape index (κ1) is 10.4. The molecule has 0 amide bonds. The summed E-state index contributed by atoms with van der Waals surface area (Å²) in [6, 6.07) is 1.65. The van der Waals surface area contributed by atoms with Crippen LogP contribution in [0.4, 0.5) is 0 Å². The topological polar surface area (TPSA) is 82.0 Å². The Kier molecular flexibility index (Phi) is 3.25. The van der Waals surface area contributed by atoms with E-state index in [0.717, 1.165) is 13.0 Å². The van der Waals surface area contributed by atoms with Crippen molar-refractivity contribution in [3.63, 3.8) is 0 Å². The molecule has 0 aromatic heterocycles. The zero-order valence-electron chi connectivity index (χ0n) is 7.45. The van der Waals surface area contributed by atoms with E-state index in [2.05, 4.69) is 10.0 Å². The quantitative estimate of drug-likeness (QED) is 0.628. The summed E-state index contributed by atoms with van der Waals surface area (Å²) in [6.45, 7) is 2.86. The molecule has 1 aliphatic heterocycles. The molecule has 2 N–H and O–H groups in total. The molecule has 6 heteroatoms. The molecule has 0 aromatic rings. The van der Waals surface area contributed by atoms with Crippen molar-refractivity contribution in [2.45, 2.75) is 24.6 Å². The highest BCUT2D eigenvalue weighted by Crippen LogP contribution is 2.03. The molecule has 74 valence electrons. The maximum atomic E-state index is 11.4. The Labute approximate surface area is 78.2 Å². The fourth-order valence-electron chi connectivity index (χ4n) is 1.16. The van der Waals surface area contributed by atoms with Crippen LogP contribution in [0.1, 0.15) is 13.3 Å². The van der Waals surface area contributed by atoms with Crippen LogP contribution in [0.25, 0.3) is 0 Å². The van der Waals surface area contributed by atoms with Gasteiger partial charge in [-0.1, -0.05) is 0 Å². The first-order chi connectivity index (χ1) is 6.06. The van der Waals surface area contributed by atoms with Crippen LogP contribution >= 0.6 is 0 Å². The third-order valence-electron chi connectivity index (χ3n) is 2.04. The zero-order chi connectivity index (χ0) is 9.90. The van der Waals surface area contributed by atoms with E-state index in [-0.39, 0.29) is 6.04 Å². The van der Waals surface area contributed by atoms with Crippen molar-refractivity contribution in [1.82, 2.24) is 10.0 Å². The minimum atomic E-state index is -3.44. The lowest BCUT2D eigenvalue weighted by Crippen LogP contribution is -2.40. The molecule has 0 aromatic carbocycles. The molecule has 0 spiro atoms. The van der Waals surface area contributed by atoms with Gasteiger partial charge in [0.25, 0.3) is 0 Å². The molecule has 0 saturated carbocycles. The van der Waals surface area contributed by atoms with Crippen molar-refractivity contribution in [3.8, 4) is 6.07 Å². The number of hydrogen-bond donors (Lipinski definition) is 2. The largest absolute Gasteiger partial charge is 0.315 e. The van der Waals surface area contributed by atoms with Crippen molar-refractivity contribution in [2.75, 3.05) is 13.1 Å². The highest BCUT2D eigenvalue weighted by molar-refractivity contribution is 7.90. The number of rotatable bonds is 3. The summed E-state index contributed by atoms with van der Waals surface area (Å²) in [6.07, 6.45) is 0.789. The monoisotopic (exact) mass is 203 g/mol. The van der Waals surface area contributed by atoms with E-state index in [1.807, 2.05) is 0 Å². The average molecular weight is 203 g/mol. The van der Waals surface area contributed by atoms with Crippen LogP contribution in [0.5, 0.6) is 0 Å². The lowest BCUT2D eigenvalue weighted by atomic mass is 10.3. The Morgan fingerprint density at radius 1 is 1.69 bits per heavy atom. The van der Waals surface area contributed by atoms with Crippen LogP contribution in [-0.4, -0.2) is 32.8 Å². The second-order valence-corrected chi connectivity index (χ2v) is 5.16. The summed E-state index contributed by atoms with van der Waals surface area (Å²) in [4.78, 5) is 0. The summed E-state index contributed by atoms with van der Waals surface area (Å²) < 4.78 is 25.2. The highest BCUT2D eigenvalue weighted by Gasteiger charge is 2.25. The molecule has 1 saturated heterocycles. The number of nitriles is 1. The number of nitrogens with zero attached hydrogens (tertiary/aromatic N) is 1. The standard InChI is InChI=1S/C7H13N3O2S/c1-6(4-8)13(11,12)10-7-2-3-9-5-7/h6-7,9-10H,2-3,5H2,1H3. The van der Waals surface area contributed by atoms with Crippen LogP contribution in [0, 0.1) is 11.3 Å². The smallest absolute Gasteiger partial charge is 0.227 e. The van der Waals surface area contributed by atoms with Gasteiger partial charge in [0.2, 0.25) is 10.0 Å². The van der Waals surface area contributed by atoms with E-state index < -0.39 is 15.3 Å². The number of nitrogens with one attached hydrogen (secondary N) is 2. The van der Waals surface area contributed by atoms with Gasteiger partial charge in [0.15, 0.2) is 5.25 Å². The Hall–Kier alpha value is -0.640. The molecule has 1 heterocycles. The predicted octanol–water partition coefficient (Wildman–Crippen LogP) is -0.820. The molecule has 2 atom stereocenters. The van der Waals surface area contributed by atoms with Gasteiger partial charge in [-0.15, -0.1) is 0 Å². The molecular formula is C7H13N3O2S. The fraction of sp³-hybridized carbons (Fsp3) is 0.857. The Morgan fingerprint density at radius 2 is 2.38 bits per heavy atom. The predicted molar refractivity (Wildman–Crippen MR) is 48.4 cm³/mol. The van der Waals surface area contributed by atoms with Gasteiger partial charge >= 0.3 is 0 Å². The Balaban J connectivity index is 2.57. The summed E-state index contributed by atoms with van der Waals surface area (Å²) >= 11 is 0. The van der Waals surface area contributed by atoms with Crippen LogP contribution in [0.3, 0.4) is 0 Å². The van der Waals surface area contributed by atoms with Gasteiger partial charge in [0, 0.05) is 12.6 Å². The first-order valence-corrected chi connectivity index (χ1v) is 5.72. The molecule has 0 bridgehead atoms. The van der Waals surface area contributed by atoms with Gasteiger partial charge in [-0.3, -0.25) is 0 Å². The lowest BCUT2D eigenvalue weighted by molar-refractivity contribution is 0.556. The van der Waals surface area contributed by atoms with Crippen molar-refractivity contribution in [2.24, 2.45) is 0 Å². The van der Waals surface area contributed by atoms with Crippen molar-refractivity contribution < 1.29 is 8.42 Å². The first-order valence-electron chi connectivity index (χ1n) is 4.18. The van der Waals surface area contributed by atoms with Crippen LogP contribution in [-0.2, 0) is 10.0 Å². The molecule has 1 rings (SSSR count). The summed E-state index contributed by atoms with van der Waals surface area (Å²) in [5, 5.41) is 10.5. The minimum Gasteiger partial charge on any atom is -0.315 e. The van der Waals surface area contributed by atoms with Crippen molar-refractivity contribution >= 4 is 10.0 Å². The van der Waals surface area contributed by atoms with Gasteiger partial charge in [-0.25, -0.2) is 13.1 Å². The molecule has 13 heavy (non-hydrogen) atoms. The van der Waals surface area contributed by atoms with Gasteiger partial charge in [0.1, 0.15) is 0 Å². The molecule has 5 nitrogen and oxygen atoms in total. The third-order valence-corrected chi connectivity index (χ3v) is 3.74. The van der Waals surface area contributed by atoms with Crippen LogP contribution in [0.15, 0.2) is 0 Å². The third kappa shape index (κ3) is 2.66. The molecule has 1 aliphatic rings. The molecular weight excluding hydrogens is 190 g/mol. The normalized spacial score (nSPS) is 25.4. The Bertz CT molecular complexity index is 300. The number of hydrogen-bond acceptors (Lipinski definition) is 4. The van der Waals surface area contributed by atoms with Crippen molar-refractivity contribution in [3.05, 3.63) is 0 Å². The van der Waals surface area contributed by atoms with Gasteiger partial charge in [-0.05, 0) is 19.9 Å². The second-order valence-electron chi connectivity index (χ2n) is 3.12. The molecule has 0 radical (unpaired) electrons. The average Bonchev–Trinajstić information content (AvgIpc) is 2.54. The molecule has 1 fully saturated rings. The maximum absolute atomic E-state index is 11.4. The van der Waals surface area contributed by atoms with E-state index in [0.29, 0.717) is 6.54 Å². The number of sulfonamides is 1.